The van der Waals surface area contributed by atoms with E-state index in [0.29, 0.717) is 41.6 Å². The third kappa shape index (κ3) is 5.35. The molecule has 1 N–H and O–H groups in total. The largest absolute Gasteiger partial charge is 0.444 e. The van der Waals surface area contributed by atoms with Crippen LogP contribution in [0.3, 0.4) is 0 Å². The maximum absolute atomic E-state index is 13.5. The lowest BCUT2D eigenvalue weighted by atomic mass is 9.86. The summed E-state index contributed by atoms with van der Waals surface area (Å²) in [6, 6.07) is 11.2. The van der Waals surface area contributed by atoms with Crippen LogP contribution in [0.15, 0.2) is 53.6 Å². The molecule has 2 saturated heterocycles. The number of fused-ring (bicyclic) bond motifs is 7. The van der Waals surface area contributed by atoms with Gasteiger partial charge in [0.1, 0.15) is 16.9 Å². The fourth-order valence-electron chi connectivity index (χ4n) is 6.97. The summed E-state index contributed by atoms with van der Waals surface area (Å²) in [6.45, 7) is 12.9. The van der Waals surface area contributed by atoms with Crippen molar-refractivity contribution in [3.8, 4) is 0 Å². The number of pyridine rings is 1. The Morgan fingerprint density at radius 2 is 1.66 bits per heavy atom. The maximum atomic E-state index is 13.5. The Kier molecular flexibility index (Phi) is 7.03. The Labute approximate surface area is 272 Å². The molecule has 12 heteroatoms. The highest BCUT2D eigenvalue weighted by atomic mass is 16.6. The van der Waals surface area contributed by atoms with Crippen LogP contribution in [0.25, 0.3) is 27.6 Å². The number of ether oxygens (including phenoxy) is 1. The van der Waals surface area contributed by atoms with Crippen molar-refractivity contribution in [1.29, 1.82) is 0 Å². The van der Waals surface area contributed by atoms with E-state index < -0.39 is 5.60 Å². The minimum atomic E-state index is -0.569. The van der Waals surface area contributed by atoms with E-state index in [4.69, 9.17) is 9.72 Å². The molecule has 6 heterocycles. The van der Waals surface area contributed by atoms with E-state index in [9.17, 15) is 14.4 Å². The second-order valence-electron chi connectivity index (χ2n) is 14.7. The lowest BCUT2D eigenvalue weighted by Gasteiger charge is -2.41. The molecule has 2 amide bonds. The number of aryl methyl sites for hydroxylation is 1. The zero-order valence-corrected chi connectivity index (χ0v) is 27.9. The second-order valence-corrected chi connectivity index (χ2v) is 14.7. The van der Waals surface area contributed by atoms with Crippen LogP contribution in [0.1, 0.15) is 70.3 Å². The van der Waals surface area contributed by atoms with Gasteiger partial charge in [0.25, 0.3) is 11.5 Å². The molecule has 0 spiro atoms. The Morgan fingerprint density at radius 1 is 0.936 bits per heavy atom. The third-order valence-corrected chi connectivity index (χ3v) is 9.09. The Balaban J connectivity index is 1.13. The molecular weight excluding hydrogens is 596 g/mol. The van der Waals surface area contributed by atoms with Gasteiger partial charge < -0.3 is 19.5 Å². The van der Waals surface area contributed by atoms with Crippen molar-refractivity contribution in [1.82, 2.24) is 33.7 Å². The smallest absolute Gasteiger partial charge is 0.410 e. The molecule has 1 aromatic carbocycles. The van der Waals surface area contributed by atoms with Crippen molar-refractivity contribution in [2.75, 3.05) is 18.4 Å². The number of hydrogen-bond acceptors (Lipinski definition) is 8. The first-order valence-corrected chi connectivity index (χ1v) is 16.0. The van der Waals surface area contributed by atoms with Crippen LogP contribution in [0.4, 0.5) is 16.6 Å². The van der Waals surface area contributed by atoms with Crippen LogP contribution < -0.4 is 10.9 Å². The van der Waals surface area contributed by atoms with Gasteiger partial charge in [-0.25, -0.2) is 14.8 Å². The highest BCUT2D eigenvalue weighted by Crippen LogP contribution is 2.33. The van der Waals surface area contributed by atoms with Gasteiger partial charge in [0.2, 0.25) is 5.95 Å². The molecule has 2 unspecified atom stereocenters. The normalized spacial score (nSPS) is 18.4. The summed E-state index contributed by atoms with van der Waals surface area (Å²) in [5, 5.41) is 3.90. The lowest BCUT2D eigenvalue weighted by Crippen LogP contribution is -2.57. The number of nitrogens with one attached hydrogen (secondary N) is 1. The molecule has 2 atom stereocenters. The molecule has 244 valence electrons. The first kappa shape index (κ1) is 30.6. The molecule has 5 aromatic rings. The van der Waals surface area contributed by atoms with Gasteiger partial charge in [-0.3, -0.25) is 18.9 Å². The van der Waals surface area contributed by atoms with Gasteiger partial charge in [-0.1, -0.05) is 32.9 Å². The fourth-order valence-corrected chi connectivity index (χ4v) is 6.97. The monoisotopic (exact) mass is 636 g/mol. The van der Waals surface area contributed by atoms with Crippen molar-refractivity contribution < 1.29 is 14.3 Å². The molecule has 0 radical (unpaired) electrons. The number of amides is 2. The predicted molar refractivity (Wildman–Crippen MR) is 180 cm³/mol. The van der Waals surface area contributed by atoms with Crippen LogP contribution >= 0.6 is 0 Å². The molecule has 0 saturated carbocycles. The summed E-state index contributed by atoms with van der Waals surface area (Å²) < 4.78 is 9.25. The van der Waals surface area contributed by atoms with Crippen LogP contribution in [-0.2, 0) is 17.2 Å². The highest BCUT2D eigenvalue weighted by Gasteiger charge is 2.45. The van der Waals surface area contributed by atoms with Gasteiger partial charge in [-0.2, -0.15) is 4.98 Å². The first-order valence-electron chi connectivity index (χ1n) is 16.0. The quantitative estimate of drug-likeness (QED) is 0.279. The summed E-state index contributed by atoms with van der Waals surface area (Å²) in [6.07, 6.45) is 4.62. The summed E-state index contributed by atoms with van der Waals surface area (Å²) in [5.74, 6) is 0.678. The Hall–Kier alpha value is -5.00. The third-order valence-electron chi connectivity index (χ3n) is 9.09. The van der Waals surface area contributed by atoms with E-state index in [1.807, 2.05) is 60.2 Å². The molecule has 12 nitrogen and oxygen atoms in total. The zero-order valence-electron chi connectivity index (χ0n) is 27.9. The number of aromatic nitrogens is 5. The Bertz CT molecular complexity index is 2110. The molecule has 4 aromatic heterocycles. The zero-order chi connectivity index (χ0) is 33.4. The van der Waals surface area contributed by atoms with Crippen LogP contribution in [-0.4, -0.2) is 76.5 Å². The number of para-hydroxylation sites is 1. The van der Waals surface area contributed by atoms with E-state index in [-0.39, 0.29) is 35.1 Å². The van der Waals surface area contributed by atoms with Crippen LogP contribution in [0.5, 0.6) is 0 Å². The van der Waals surface area contributed by atoms with Crippen LogP contribution in [0.2, 0.25) is 0 Å². The first-order chi connectivity index (χ1) is 22.2. The van der Waals surface area contributed by atoms with Gasteiger partial charge >= 0.3 is 6.09 Å². The van der Waals surface area contributed by atoms with Crippen molar-refractivity contribution in [3.63, 3.8) is 0 Å². The number of piperazine rings is 1. The van der Waals surface area contributed by atoms with Crippen molar-refractivity contribution in [2.24, 2.45) is 7.05 Å². The number of anilines is 2. The van der Waals surface area contributed by atoms with E-state index >= 15 is 0 Å². The summed E-state index contributed by atoms with van der Waals surface area (Å²) >= 11 is 0. The van der Waals surface area contributed by atoms with Crippen molar-refractivity contribution in [3.05, 3.63) is 70.3 Å². The Morgan fingerprint density at radius 3 is 2.30 bits per heavy atom. The maximum Gasteiger partial charge on any atom is 0.410 e. The second kappa shape index (κ2) is 10.8. The van der Waals surface area contributed by atoms with Crippen LogP contribution in [0, 0.1) is 0 Å². The molecule has 47 heavy (non-hydrogen) atoms. The average molecular weight is 637 g/mol. The number of carbonyl (C=O) groups excluding carboxylic acids is 2. The molecule has 2 aliphatic heterocycles. The number of benzene rings is 1. The SMILES string of the molecule is Cn1c(=O)c2cc3cnc(Nc4ccc(C(=O)N5CC6CCC(C5)N6C(=O)OC(C)(C)C)cn4)nc3n2c2cccc(C(C)(C)C)c21. The van der Waals surface area contributed by atoms with E-state index in [0.717, 1.165) is 34.8 Å². The van der Waals surface area contributed by atoms with Gasteiger partial charge in [0.05, 0.1) is 28.7 Å². The summed E-state index contributed by atoms with van der Waals surface area (Å²) in [5.41, 5.74) is 3.57. The molecule has 0 aliphatic carbocycles. The summed E-state index contributed by atoms with van der Waals surface area (Å²) in [7, 11) is 1.81. The minimum Gasteiger partial charge on any atom is -0.444 e. The molecule has 7 rings (SSSR count). The molecular formula is C35H40N8O4. The van der Waals surface area contributed by atoms with Crippen molar-refractivity contribution in [2.45, 2.75) is 77.5 Å². The number of likely N-dealkylation sites (tertiary alicyclic amines) is 1. The van der Waals surface area contributed by atoms with Gasteiger partial charge in [-0.15, -0.1) is 0 Å². The topological polar surface area (TPSA) is 127 Å². The number of carbonyl (C=O) groups is 2. The number of hydrogen-bond donors (Lipinski definition) is 1. The van der Waals surface area contributed by atoms with Crippen molar-refractivity contribution >= 4 is 51.4 Å². The minimum absolute atomic E-state index is 0.0592. The van der Waals surface area contributed by atoms with Gasteiger partial charge in [0.15, 0.2) is 5.65 Å². The van der Waals surface area contributed by atoms with E-state index in [2.05, 4.69) is 42.1 Å². The highest BCUT2D eigenvalue weighted by molar-refractivity contribution is 5.95. The molecule has 2 aliphatic rings. The van der Waals surface area contributed by atoms with E-state index in [1.165, 1.54) is 0 Å². The van der Waals surface area contributed by atoms with Gasteiger partial charge in [-0.05, 0) is 68.9 Å². The molecule has 2 bridgehead atoms. The van der Waals surface area contributed by atoms with Gasteiger partial charge in [0, 0.05) is 37.9 Å². The number of nitrogens with zero attached hydrogens (tertiary/aromatic N) is 7. The lowest BCUT2D eigenvalue weighted by molar-refractivity contribution is -0.00336. The predicted octanol–water partition coefficient (Wildman–Crippen LogP) is 5.39. The fraction of sp³-hybridized carbons (Fsp3) is 0.429. The number of rotatable bonds is 3. The van der Waals surface area contributed by atoms with E-state index in [1.54, 1.807) is 29.1 Å². The average Bonchev–Trinajstić information content (AvgIpc) is 3.52. The summed E-state index contributed by atoms with van der Waals surface area (Å²) in [4.78, 5) is 57.2. The standard InChI is InChI=1S/C35H40N8O4/c1-34(2,3)24-9-8-10-25-28(24)40(7)31(45)26-15-21-17-37-32(39-29(21)43(25)26)38-27-14-11-20(16-36-27)30(44)41-18-22-12-13-23(19-41)42(22)33(46)47-35(4,5)6/h8-11,14-17,22-23H,12-13,18-19H2,1-7H3,(H,36,37,38,39). The molecule has 2 fully saturated rings.